The number of rotatable bonds is 3. The first-order valence-corrected chi connectivity index (χ1v) is 5.21. The van der Waals surface area contributed by atoms with Gasteiger partial charge in [-0.3, -0.25) is 0 Å². The molecule has 0 spiro atoms. The summed E-state index contributed by atoms with van der Waals surface area (Å²) in [6.07, 6.45) is -2.66. The van der Waals surface area contributed by atoms with Crippen molar-refractivity contribution in [3.8, 4) is 0 Å². The Kier molecular flexibility index (Phi) is 4.00. The lowest BCUT2D eigenvalue weighted by molar-refractivity contribution is -0.283. The Balaban J connectivity index is 2.73. The summed E-state index contributed by atoms with van der Waals surface area (Å²) in [6.45, 7) is 0.626. The van der Waals surface area contributed by atoms with E-state index in [0.717, 1.165) is 13.5 Å². The summed E-state index contributed by atoms with van der Waals surface area (Å²) in [7, 11) is 2.92. The zero-order valence-electron chi connectivity index (χ0n) is 9.16. The fraction of sp³-hybridized carbons (Fsp3) is 1.00. The Morgan fingerprint density at radius 3 is 2.60 bits per heavy atom. The summed E-state index contributed by atoms with van der Waals surface area (Å²) in [6, 6.07) is 0. The molecule has 2 nitrogen and oxygen atoms in total. The highest BCUT2D eigenvalue weighted by molar-refractivity contribution is 4.94. The summed E-state index contributed by atoms with van der Waals surface area (Å²) in [5.41, 5.74) is -1.91. The molecule has 2 unspecified atom stereocenters. The van der Waals surface area contributed by atoms with E-state index in [4.69, 9.17) is 4.74 Å². The number of alkyl halides is 3. The molecule has 5 heteroatoms. The normalized spacial score (nSPS) is 33.0. The molecule has 0 aromatic carbocycles. The van der Waals surface area contributed by atoms with Crippen molar-refractivity contribution >= 4 is 0 Å². The number of methoxy groups -OCH3 is 1. The van der Waals surface area contributed by atoms with Crippen LogP contribution in [-0.2, 0) is 4.74 Å². The zero-order valence-corrected chi connectivity index (χ0v) is 9.16. The molecule has 0 saturated heterocycles. The van der Waals surface area contributed by atoms with Gasteiger partial charge < -0.3 is 10.1 Å². The molecule has 0 aliphatic heterocycles. The highest BCUT2D eigenvalue weighted by Crippen LogP contribution is 2.45. The van der Waals surface area contributed by atoms with E-state index in [0.29, 0.717) is 13.0 Å². The topological polar surface area (TPSA) is 21.3 Å². The van der Waals surface area contributed by atoms with Gasteiger partial charge in [-0.25, -0.2) is 0 Å². The Bertz CT molecular complexity index is 205. The van der Waals surface area contributed by atoms with E-state index in [9.17, 15) is 13.2 Å². The van der Waals surface area contributed by atoms with Gasteiger partial charge in [0.1, 0.15) is 0 Å². The van der Waals surface area contributed by atoms with Crippen LogP contribution in [0, 0.1) is 5.92 Å². The van der Waals surface area contributed by atoms with Gasteiger partial charge in [0, 0.05) is 7.11 Å². The first-order valence-electron chi connectivity index (χ1n) is 5.21. The fourth-order valence-electron chi connectivity index (χ4n) is 2.37. The molecule has 0 amide bonds. The molecule has 0 radical (unpaired) electrons. The number of ether oxygens (including phenoxy) is 1. The van der Waals surface area contributed by atoms with Gasteiger partial charge in [0.25, 0.3) is 0 Å². The Labute approximate surface area is 88.2 Å². The lowest BCUT2D eigenvalue weighted by atomic mass is 9.77. The Hall–Kier alpha value is -0.290. The van der Waals surface area contributed by atoms with E-state index in [1.165, 1.54) is 0 Å². The minimum absolute atomic E-state index is 0.0605. The number of nitrogens with one attached hydrogen (secondary N) is 1. The largest absolute Gasteiger partial charge is 0.417 e. The predicted molar refractivity (Wildman–Crippen MR) is 51.7 cm³/mol. The lowest BCUT2D eigenvalue weighted by Crippen LogP contribution is -2.51. The van der Waals surface area contributed by atoms with Crippen molar-refractivity contribution < 1.29 is 17.9 Å². The molecule has 0 aromatic rings. The smallest absolute Gasteiger partial charge is 0.369 e. The molecule has 0 aromatic heterocycles. The van der Waals surface area contributed by atoms with Crippen LogP contribution in [0.1, 0.15) is 25.7 Å². The maximum Gasteiger partial charge on any atom is 0.417 e. The van der Waals surface area contributed by atoms with Crippen LogP contribution < -0.4 is 5.32 Å². The molecule has 1 saturated carbocycles. The quantitative estimate of drug-likeness (QED) is 0.796. The van der Waals surface area contributed by atoms with Gasteiger partial charge in [0.05, 0.1) is 0 Å². The summed E-state index contributed by atoms with van der Waals surface area (Å²) in [5, 5.41) is 2.93. The highest BCUT2D eigenvalue weighted by atomic mass is 19.4. The maximum absolute atomic E-state index is 12.9. The molecule has 2 atom stereocenters. The minimum atomic E-state index is -4.26. The average Bonchev–Trinajstić information content (AvgIpc) is 2.17. The Morgan fingerprint density at radius 1 is 1.47 bits per heavy atom. The molecule has 15 heavy (non-hydrogen) atoms. The second-order valence-corrected chi connectivity index (χ2v) is 4.22. The van der Waals surface area contributed by atoms with Gasteiger partial charge in [0.2, 0.25) is 0 Å². The standard InChI is InChI=1S/C10H18F3NO/c1-14-7-8-4-3-5-9(6-8,15-2)10(11,12)13/h8,14H,3-7H2,1-2H3. The van der Waals surface area contributed by atoms with Crippen molar-refractivity contribution in [1.29, 1.82) is 0 Å². The van der Waals surface area contributed by atoms with Gasteiger partial charge in [-0.2, -0.15) is 13.2 Å². The second-order valence-electron chi connectivity index (χ2n) is 4.22. The molecule has 1 N–H and O–H groups in total. The maximum atomic E-state index is 12.9. The molecule has 0 bridgehead atoms. The molecule has 1 rings (SSSR count). The van der Waals surface area contributed by atoms with Crippen LogP contribution in [0.4, 0.5) is 13.2 Å². The lowest BCUT2D eigenvalue weighted by Gasteiger charge is -2.40. The molecule has 1 aliphatic rings. The summed E-state index contributed by atoms with van der Waals surface area (Å²) >= 11 is 0. The van der Waals surface area contributed by atoms with Crippen molar-refractivity contribution in [1.82, 2.24) is 5.32 Å². The van der Waals surface area contributed by atoms with Crippen molar-refractivity contribution in [2.45, 2.75) is 37.5 Å². The number of hydrogen-bond acceptors (Lipinski definition) is 2. The first-order chi connectivity index (χ1) is 6.95. The van der Waals surface area contributed by atoms with E-state index < -0.39 is 11.8 Å². The van der Waals surface area contributed by atoms with Gasteiger partial charge in [-0.05, 0) is 45.2 Å². The minimum Gasteiger partial charge on any atom is -0.369 e. The monoisotopic (exact) mass is 225 g/mol. The van der Waals surface area contributed by atoms with Crippen LogP contribution in [0.3, 0.4) is 0 Å². The number of halogens is 3. The molecule has 1 aliphatic carbocycles. The van der Waals surface area contributed by atoms with E-state index in [1.54, 1.807) is 7.05 Å². The molecule has 90 valence electrons. The van der Waals surface area contributed by atoms with E-state index in [1.807, 2.05) is 0 Å². The second kappa shape index (κ2) is 4.70. The molecule has 1 fully saturated rings. The summed E-state index contributed by atoms with van der Waals surface area (Å²) in [4.78, 5) is 0. The summed E-state index contributed by atoms with van der Waals surface area (Å²) in [5.74, 6) is 0.0605. The first kappa shape index (κ1) is 12.8. The third kappa shape index (κ3) is 2.64. The molecule has 0 heterocycles. The van der Waals surface area contributed by atoms with E-state index >= 15 is 0 Å². The van der Waals surface area contributed by atoms with Crippen LogP contribution >= 0.6 is 0 Å². The van der Waals surface area contributed by atoms with Gasteiger partial charge >= 0.3 is 6.18 Å². The Morgan fingerprint density at radius 2 is 2.13 bits per heavy atom. The van der Waals surface area contributed by atoms with Crippen molar-refractivity contribution in [3.05, 3.63) is 0 Å². The van der Waals surface area contributed by atoms with Crippen LogP contribution in [0.15, 0.2) is 0 Å². The van der Waals surface area contributed by atoms with Crippen LogP contribution in [-0.4, -0.2) is 32.5 Å². The molecular weight excluding hydrogens is 207 g/mol. The van der Waals surface area contributed by atoms with Crippen molar-refractivity contribution in [3.63, 3.8) is 0 Å². The van der Waals surface area contributed by atoms with Crippen LogP contribution in [0.2, 0.25) is 0 Å². The number of hydrogen-bond donors (Lipinski definition) is 1. The van der Waals surface area contributed by atoms with E-state index in [-0.39, 0.29) is 18.8 Å². The van der Waals surface area contributed by atoms with E-state index in [2.05, 4.69) is 5.32 Å². The van der Waals surface area contributed by atoms with Crippen molar-refractivity contribution in [2.75, 3.05) is 20.7 Å². The highest BCUT2D eigenvalue weighted by Gasteiger charge is 2.56. The van der Waals surface area contributed by atoms with Gasteiger partial charge in [-0.1, -0.05) is 0 Å². The molecular formula is C10H18F3NO. The third-order valence-electron chi connectivity index (χ3n) is 3.21. The van der Waals surface area contributed by atoms with Crippen LogP contribution in [0.5, 0.6) is 0 Å². The third-order valence-corrected chi connectivity index (χ3v) is 3.21. The summed E-state index contributed by atoms with van der Waals surface area (Å²) < 4.78 is 43.4. The van der Waals surface area contributed by atoms with Crippen LogP contribution in [0.25, 0.3) is 0 Å². The fourth-order valence-corrected chi connectivity index (χ4v) is 2.37. The van der Waals surface area contributed by atoms with Gasteiger partial charge in [-0.15, -0.1) is 0 Å². The zero-order chi connectivity index (χ0) is 11.5. The predicted octanol–water partition coefficient (Wildman–Crippen LogP) is 2.34. The average molecular weight is 225 g/mol. The van der Waals surface area contributed by atoms with Gasteiger partial charge in [0.15, 0.2) is 5.60 Å². The van der Waals surface area contributed by atoms with Crippen molar-refractivity contribution in [2.24, 2.45) is 5.92 Å². The SMILES string of the molecule is CNCC1CCCC(OC)(C(F)(F)F)C1.